The lowest BCUT2D eigenvalue weighted by Crippen LogP contribution is -2.19. The fourth-order valence-electron chi connectivity index (χ4n) is 1.17. The van der Waals surface area contributed by atoms with Gasteiger partial charge in [-0.25, -0.2) is 8.42 Å². The first-order valence-electron chi connectivity index (χ1n) is 5.37. The van der Waals surface area contributed by atoms with Crippen molar-refractivity contribution in [2.45, 2.75) is 0 Å². The van der Waals surface area contributed by atoms with Crippen LogP contribution in [0.4, 0.5) is 5.69 Å². The number of nitrogens with one attached hydrogen (secondary N) is 1. The Bertz CT molecular complexity index is 460. The highest BCUT2D eigenvalue weighted by Gasteiger charge is 2.07. The number of halogens is 1. The van der Waals surface area contributed by atoms with Crippen molar-refractivity contribution in [2.24, 2.45) is 0 Å². The Morgan fingerprint density at radius 3 is 2.39 bits per heavy atom. The molecule has 0 radical (unpaired) electrons. The second kappa shape index (κ2) is 6.82. The molecule has 0 fully saturated rings. The summed E-state index contributed by atoms with van der Waals surface area (Å²) in [5.41, 5.74) is 0.468. The van der Waals surface area contributed by atoms with Gasteiger partial charge in [0.25, 0.3) is 0 Å². The summed E-state index contributed by atoms with van der Waals surface area (Å²) in [6.45, 7) is 1.40. The molecule has 0 atom stereocenters. The molecule has 0 spiro atoms. The minimum absolute atomic E-state index is 0.464. The van der Waals surface area contributed by atoms with E-state index in [2.05, 4.69) is 4.72 Å². The van der Waals surface area contributed by atoms with Crippen molar-refractivity contribution in [3.63, 3.8) is 0 Å². The monoisotopic (exact) mass is 292 g/mol. The van der Waals surface area contributed by atoms with Crippen molar-refractivity contribution < 1.29 is 13.2 Å². The van der Waals surface area contributed by atoms with Gasteiger partial charge in [0.15, 0.2) is 0 Å². The number of hydrogen-bond acceptors (Lipinski definition) is 4. The van der Waals surface area contributed by atoms with Gasteiger partial charge in [0, 0.05) is 12.2 Å². The average Bonchev–Trinajstić information content (AvgIpc) is 2.31. The molecule has 102 valence electrons. The van der Waals surface area contributed by atoms with Crippen molar-refractivity contribution in [1.29, 1.82) is 0 Å². The summed E-state index contributed by atoms with van der Waals surface area (Å²) < 4.78 is 30.3. The molecule has 1 aromatic rings. The lowest BCUT2D eigenvalue weighted by atomic mass is 10.3. The van der Waals surface area contributed by atoms with E-state index in [4.69, 9.17) is 16.3 Å². The number of benzene rings is 1. The maximum atomic E-state index is 11.2. The minimum atomic E-state index is -3.45. The molecule has 7 heteroatoms. The normalized spacial score (nSPS) is 11.6. The Kier molecular flexibility index (Phi) is 5.71. The molecule has 1 aromatic carbocycles. The first-order chi connectivity index (χ1) is 8.43. The highest BCUT2D eigenvalue weighted by molar-refractivity contribution is 7.93. The Hall–Kier alpha value is -0.980. The van der Waals surface area contributed by atoms with E-state index in [0.717, 1.165) is 6.54 Å². The number of hydrogen-bond donors (Lipinski definition) is 1. The predicted molar refractivity (Wildman–Crippen MR) is 73.8 cm³/mol. The van der Waals surface area contributed by atoms with E-state index in [1.54, 1.807) is 24.3 Å². The van der Waals surface area contributed by atoms with Crippen LogP contribution in [0.15, 0.2) is 24.3 Å². The van der Waals surface area contributed by atoms with Gasteiger partial charge in [-0.1, -0.05) is 0 Å². The number of nitrogens with zero attached hydrogens (tertiary/aromatic N) is 1. The van der Waals surface area contributed by atoms with E-state index in [-0.39, 0.29) is 0 Å². The van der Waals surface area contributed by atoms with Crippen LogP contribution >= 0.6 is 11.6 Å². The van der Waals surface area contributed by atoms with Gasteiger partial charge in [0.05, 0.1) is 0 Å². The lowest BCUT2D eigenvalue weighted by molar-refractivity contribution is 0.261. The van der Waals surface area contributed by atoms with Crippen molar-refractivity contribution >= 4 is 27.3 Å². The van der Waals surface area contributed by atoms with Gasteiger partial charge in [0.2, 0.25) is 10.0 Å². The van der Waals surface area contributed by atoms with E-state index in [1.165, 1.54) is 0 Å². The standard InChI is InChI=1S/C11H17ClN2O3S/c1-14(2)7-8-17-11-5-3-10(4-6-11)13-18(15,16)9-12/h3-6,13H,7-9H2,1-2H3. The summed E-state index contributed by atoms with van der Waals surface area (Å²) in [6, 6.07) is 6.69. The van der Waals surface area contributed by atoms with Gasteiger partial charge >= 0.3 is 0 Å². The van der Waals surface area contributed by atoms with Gasteiger partial charge < -0.3 is 9.64 Å². The molecule has 0 aliphatic rings. The summed E-state index contributed by atoms with van der Waals surface area (Å²) in [5, 5.41) is -0.464. The molecule has 1 N–H and O–H groups in total. The second-order valence-corrected chi connectivity index (χ2v) is 6.31. The quantitative estimate of drug-likeness (QED) is 0.775. The summed E-state index contributed by atoms with van der Waals surface area (Å²) in [5.74, 6) is 0.700. The predicted octanol–water partition coefficient (Wildman–Crippen LogP) is 1.56. The van der Waals surface area contributed by atoms with Crippen molar-refractivity contribution in [2.75, 3.05) is 37.2 Å². The molecule has 0 bridgehead atoms. The molecule has 5 nitrogen and oxygen atoms in total. The van der Waals surface area contributed by atoms with Crippen LogP contribution in [-0.4, -0.2) is 45.8 Å². The van der Waals surface area contributed by atoms with Crippen LogP contribution in [0, 0.1) is 0 Å². The van der Waals surface area contributed by atoms with E-state index in [0.29, 0.717) is 18.0 Å². The average molecular weight is 293 g/mol. The van der Waals surface area contributed by atoms with Crippen LogP contribution in [0.5, 0.6) is 5.75 Å². The summed E-state index contributed by atoms with van der Waals surface area (Å²) in [7, 11) is 0.486. The topological polar surface area (TPSA) is 58.6 Å². The van der Waals surface area contributed by atoms with Crippen LogP contribution in [0.1, 0.15) is 0 Å². The first kappa shape index (κ1) is 15.1. The molecule has 1 rings (SSSR count). The molecule has 0 aliphatic carbocycles. The van der Waals surface area contributed by atoms with Crippen molar-refractivity contribution in [3.8, 4) is 5.75 Å². The number of ether oxygens (including phenoxy) is 1. The molecule has 0 aliphatic heterocycles. The second-order valence-electron chi connectivity index (χ2n) is 4.00. The van der Waals surface area contributed by atoms with Gasteiger partial charge in [-0.15, -0.1) is 11.6 Å². The Labute approximate surface area is 113 Å². The van der Waals surface area contributed by atoms with Gasteiger partial charge in [-0.2, -0.15) is 0 Å². The summed E-state index contributed by atoms with van der Waals surface area (Å²) in [4.78, 5) is 2.02. The van der Waals surface area contributed by atoms with Gasteiger partial charge in [0.1, 0.15) is 17.6 Å². The van der Waals surface area contributed by atoms with Crippen LogP contribution in [0.2, 0.25) is 0 Å². The van der Waals surface area contributed by atoms with Crippen molar-refractivity contribution in [3.05, 3.63) is 24.3 Å². The van der Waals surface area contributed by atoms with Crippen LogP contribution in [0.25, 0.3) is 0 Å². The molecule has 18 heavy (non-hydrogen) atoms. The zero-order valence-electron chi connectivity index (χ0n) is 10.4. The fourth-order valence-corrected chi connectivity index (χ4v) is 1.89. The number of rotatable bonds is 7. The number of likely N-dealkylation sites (N-methyl/N-ethyl adjacent to an activating group) is 1. The number of sulfonamides is 1. The van der Waals surface area contributed by atoms with E-state index in [9.17, 15) is 8.42 Å². The number of alkyl halides is 1. The lowest BCUT2D eigenvalue weighted by Gasteiger charge is -2.11. The van der Waals surface area contributed by atoms with Crippen molar-refractivity contribution in [1.82, 2.24) is 4.90 Å². The largest absolute Gasteiger partial charge is 0.492 e. The molecular weight excluding hydrogens is 276 g/mol. The van der Waals surface area contributed by atoms with E-state index >= 15 is 0 Å². The van der Waals surface area contributed by atoms with Crippen LogP contribution in [0.3, 0.4) is 0 Å². The first-order valence-corrected chi connectivity index (χ1v) is 7.56. The molecule has 0 amide bonds. The van der Waals surface area contributed by atoms with Gasteiger partial charge in [-0.05, 0) is 38.4 Å². The minimum Gasteiger partial charge on any atom is -0.492 e. The Balaban J connectivity index is 2.52. The number of anilines is 1. The Morgan fingerprint density at radius 2 is 1.89 bits per heavy atom. The zero-order chi connectivity index (χ0) is 13.6. The van der Waals surface area contributed by atoms with E-state index in [1.807, 2.05) is 19.0 Å². The van der Waals surface area contributed by atoms with E-state index < -0.39 is 15.2 Å². The zero-order valence-corrected chi connectivity index (χ0v) is 12.0. The molecule has 0 saturated carbocycles. The molecule has 0 heterocycles. The fraction of sp³-hybridized carbons (Fsp3) is 0.455. The highest BCUT2D eigenvalue weighted by atomic mass is 35.5. The van der Waals surface area contributed by atoms with Gasteiger partial charge in [-0.3, -0.25) is 4.72 Å². The molecule has 0 saturated heterocycles. The molecule has 0 unspecified atom stereocenters. The van der Waals surface area contributed by atoms with Crippen LogP contribution < -0.4 is 9.46 Å². The third-order valence-electron chi connectivity index (χ3n) is 2.08. The summed E-state index contributed by atoms with van der Waals surface area (Å²) in [6.07, 6.45) is 0. The maximum Gasteiger partial charge on any atom is 0.246 e. The molecule has 0 aromatic heterocycles. The summed E-state index contributed by atoms with van der Waals surface area (Å²) >= 11 is 5.29. The third kappa shape index (κ3) is 5.57. The smallest absolute Gasteiger partial charge is 0.246 e. The highest BCUT2D eigenvalue weighted by Crippen LogP contribution is 2.16. The SMILES string of the molecule is CN(C)CCOc1ccc(NS(=O)(=O)CCl)cc1. The molecular formula is C11H17ClN2O3S. The Morgan fingerprint density at radius 1 is 1.28 bits per heavy atom. The maximum absolute atomic E-state index is 11.2. The third-order valence-corrected chi connectivity index (χ3v) is 3.77. The van der Waals surface area contributed by atoms with Crippen LogP contribution in [-0.2, 0) is 10.0 Å².